The maximum atomic E-state index is 11.4. The van der Waals surface area contributed by atoms with Crippen molar-refractivity contribution in [2.75, 3.05) is 33.0 Å². The third-order valence-electron chi connectivity index (χ3n) is 3.32. The molecule has 0 heterocycles. The van der Waals surface area contributed by atoms with Crippen LogP contribution in [0.15, 0.2) is 29.3 Å². The predicted molar refractivity (Wildman–Crippen MR) is 118 cm³/mol. The lowest BCUT2D eigenvalue weighted by Gasteiger charge is -2.23. The minimum Gasteiger partial charge on any atom is -0.496 e. The minimum atomic E-state index is -3.28. The Morgan fingerprint density at radius 3 is 2.46 bits per heavy atom. The number of sulfonamides is 1. The van der Waals surface area contributed by atoms with Gasteiger partial charge in [0.2, 0.25) is 10.0 Å². The van der Waals surface area contributed by atoms with E-state index in [-0.39, 0.29) is 24.0 Å². The van der Waals surface area contributed by atoms with Crippen molar-refractivity contribution in [3.8, 4) is 5.75 Å². The van der Waals surface area contributed by atoms with Crippen molar-refractivity contribution in [3.05, 3.63) is 29.8 Å². The van der Waals surface area contributed by atoms with E-state index in [2.05, 4.69) is 20.3 Å². The second-order valence-electron chi connectivity index (χ2n) is 6.44. The van der Waals surface area contributed by atoms with Gasteiger partial charge in [-0.2, -0.15) is 0 Å². The Morgan fingerprint density at radius 2 is 1.88 bits per heavy atom. The first-order chi connectivity index (χ1) is 11.7. The van der Waals surface area contributed by atoms with Gasteiger partial charge in [-0.25, -0.2) is 13.1 Å². The number of nitrogens with zero attached hydrogens (tertiary/aromatic N) is 1. The van der Waals surface area contributed by atoms with Crippen molar-refractivity contribution in [2.45, 2.75) is 32.7 Å². The molecule has 0 unspecified atom stereocenters. The van der Waals surface area contributed by atoms with Crippen LogP contribution >= 0.6 is 24.0 Å². The summed E-state index contributed by atoms with van der Waals surface area (Å²) in [6.45, 7) is 7.32. The molecule has 0 saturated heterocycles. The van der Waals surface area contributed by atoms with Gasteiger partial charge < -0.3 is 15.4 Å². The van der Waals surface area contributed by atoms with Crippen LogP contribution in [0, 0.1) is 0 Å². The second-order valence-corrected chi connectivity index (χ2v) is 8.19. The van der Waals surface area contributed by atoms with Gasteiger partial charge in [-0.3, -0.25) is 4.99 Å². The quantitative estimate of drug-likeness (QED) is 0.274. The van der Waals surface area contributed by atoms with Crippen molar-refractivity contribution in [1.82, 2.24) is 15.4 Å². The standard InChI is InChI=1S/C17H30N4O3S.HI/c1-6-18-16(20-13-17(2,3)21-25(5,22)23)19-12-11-14-9-7-8-10-15(14)24-4;/h7-10,21H,6,11-13H2,1-5H3,(H2,18,19,20);1H. The molecule has 0 amide bonds. The summed E-state index contributed by atoms with van der Waals surface area (Å²) in [4.78, 5) is 4.48. The lowest BCUT2D eigenvalue weighted by atomic mass is 10.1. The molecule has 9 heteroatoms. The minimum absolute atomic E-state index is 0. The van der Waals surface area contributed by atoms with Gasteiger partial charge in [-0.05, 0) is 38.8 Å². The maximum Gasteiger partial charge on any atom is 0.209 e. The fourth-order valence-corrected chi connectivity index (χ4v) is 3.45. The van der Waals surface area contributed by atoms with Crippen LogP contribution in [0.2, 0.25) is 0 Å². The normalized spacial score (nSPS) is 12.3. The summed E-state index contributed by atoms with van der Waals surface area (Å²) < 4.78 is 30.7. The maximum absolute atomic E-state index is 11.4. The first-order valence-electron chi connectivity index (χ1n) is 8.30. The van der Waals surface area contributed by atoms with Crippen LogP contribution in [-0.2, 0) is 16.4 Å². The number of methoxy groups -OCH3 is 1. The van der Waals surface area contributed by atoms with E-state index in [1.54, 1.807) is 21.0 Å². The van der Waals surface area contributed by atoms with Gasteiger partial charge in [0.05, 0.1) is 19.9 Å². The van der Waals surface area contributed by atoms with Crippen molar-refractivity contribution in [3.63, 3.8) is 0 Å². The van der Waals surface area contributed by atoms with Crippen molar-refractivity contribution in [2.24, 2.45) is 4.99 Å². The highest BCUT2D eigenvalue weighted by Crippen LogP contribution is 2.17. The highest BCUT2D eigenvalue weighted by atomic mass is 127. The number of benzene rings is 1. The molecule has 1 aromatic rings. The molecule has 0 aliphatic rings. The first kappa shape index (κ1) is 24.9. The molecule has 0 radical (unpaired) electrons. The molecular formula is C17H31IN4O3S. The smallest absolute Gasteiger partial charge is 0.209 e. The molecule has 3 N–H and O–H groups in total. The van der Waals surface area contributed by atoms with E-state index < -0.39 is 15.6 Å². The van der Waals surface area contributed by atoms with Gasteiger partial charge in [-0.1, -0.05) is 18.2 Å². The number of rotatable bonds is 9. The molecule has 0 saturated carbocycles. The van der Waals surface area contributed by atoms with E-state index >= 15 is 0 Å². The Balaban J connectivity index is 0.00000625. The second kappa shape index (κ2) is 11.6. The molecule has 0 aliphatic carbocycles. The summed E-state index contributed by atoms with van der Waals surface area (Å²) in [5, 5.41) is 6.43. The van der Waals surface area contributed by atoms with Gasteiger partial charge >= 0.3 is 0 Å². The van der Waals surface area contributed by atoms with Crippen molar-refractivity contribution in [1.29, 1.82) is 0 Å². The summed E-state index contributed by atoms with van der Waals surface area (Å²) >= 11 is 0. The van der Waals surface area contributed by atoms with Gasteiger partial charge in [-0.15, -0.1) is 24.0 Å². The zero-order valence-electron chi connectivity index (χ0n) is 16.1. The molecule has 1 aromatic carbocycles. The number of nitrogens with one attached hydrogen (secondary N) is 3. The summed E-state index contributed by atoms with van der Waals surface area (Å²) in [6.07, 6.45) is 1.94. The third-order valence-corrected chi connectivity index (χ3v) is 4.24. The van der Waals surface area contributed by atoms with E-state index in [9.17, 15) is 8.42 Å². The van der Waals surface area contributed by atoms with Crippen LogP contribution in [0.5, 0.6) is 5.75 Å². The van der Waals surface area contributed by atoms with Gasteiger partial charge in [0.15, 0.2) is 5.96 Å². The number of hydrogen-bond donors (Lipinski definition) is 3. The predicted octanol–water partition coefficient (Wildman–Crippen LogP) is 1.74. The molecule has 0 fully saturated rings. The topological polar surface area (TPSA) is 91.8 Å². The highest BCUT2D eigenvalue weighted by Gasteiger charge is 2.21. The summed E-state index contributed by atoms with van der Waals surface area (Å²) in [5.74, 6) is 1.52. The molecule has 150 valence electrons. The molecule has 0 spiro atoms. The summed E-state index contributed by atoms with van der Waals surface area (Å²) in [5.41, 5.74) is 0.464. The molecule has 0 aromatic heterocycles. The Bertz CT molecular complexity index is 678. The summed E-state index contributed by atoms with van der Waals surface area (Å²) in [6, 6.07) is 7.90. The zero-order chi connectivity index (χ0) is 18.9. The fraction of sp³-hybridized carbons (Fsp3) is 0.588. The van der Waals surface area contributed by atoms with E-state index in [0.29, 0.717) is 19.0 Å². The summed E-state index contributed by atoms with van der Waals surface area (Å²) in [7, 11) is -1.62. The number of hydrogen-bond acceptors (Lipinski definition) is 4. The van der Waals surface area contributed by atoms with Crippen molar-refractivity contribution >= 4 is 40.0 Å². The SMILES string of the molecule is CCNC(=NCC(C)(C)NS(C)(=O)=O)NCCc1ccccc1OC.I. The molecule has 0 bridgehead atoms. The third kappa shape index (κ3) is 10.2. The van der Waals surface area contributed by atoms with Crippen LogP contribution in [0.3, 0.4) is 0 Å². The number of para-hydroxylation sites is 1. The molecule has 0 aliphatic heterocycles. The number of ether oxygens (including phenoxy) is 1. The molecule has 0 atom stereocenters. The number of aliphatic imine (C=N–C) groups is 1. The average Bonchev–Trinajstić information content (AvgIpc) is 2.51. The molecule has 7 nitrogen and oxygen atoms in total. The van der Waals surface area contributed by atoms with E-state index in [4.69, 9.17) is 4.74 Å². The van der Waals surface area contributed by atoms with Crippen LogP contribution in [0.1, 0.15) is 26.3 Å². The number of halogens is 1. The lowest BCUT2D eigenvalue weighted by Crippen LogP contribution is -2.47. The average molecular weight is 498 g/mol. The Hall–Kier alpha value is -1.07. The highest BCUT2D eigenvalue weighted by molar-refractivity contribution is 14.0. The Labute approximate surface area is 174 Å². The van der Waals surface area contributed by atoms with Gasteiger partial charge in [0.25, 0.3) is 0 Å². The first-order valence-corrected chi connectivity index (χ1v) is 10.2. The Kier molecular flexibility index (Phi) is 11.1. The molecule has 26 heavy (non-hydrogen) atoms. The van der Waals surface area contributed by atoms with Crippen molar-refractivity contribution < 1.29 is 13.2 Å². The monoisotopic (exact) mass is 498 g/mol. The van der Waals surface area contributed by atoms with Crippen LogP contribution in [0.25, 0.3) is 0 Å². The lowest BCUT2D eigenvalue weighted by molar-refractivity contribution is 0.409. The van der Waals surface area contributed by atoms with E-state index in [1.807, 2.05) is 31.2 Å². The van der Waals surface area contributed by atoms with Crippen LogP contribution < -0.4 is 20.1 Å². The largest absolute Gasteiger partial charge is 0.496 e. The van der Waals surface area contributed by atoms with E-state index in [0.717, 1.165) is 30.5 Å². The zero-order valence-corrected chi connectivity index (χ0v) is 19.3. The molecule has 1 rings (SSSR count). The number of guanidine groups is 1. The van der Waals surface area contributed by atoms with E-state index in [1.165, 1.54) is 0 Å². The fourth-order valence-electron chi connectivity index (χ4n) is 2.38. The molecular weight excluding hydrogens is 467 g/mol. The van der Waals surface area contributed by atoms with Crippen LogP contribution in [-0.4, -0.2) is 52.9 Å². The van der Waals surface area contributed by atoms with Crippen LogP contribution in [0.4, 0.5) is 0 Å². The van der Waals surface area contributed by atoms with Gasteiger partial charge in [0.1, 0.15) is 5.75 Å². The Morgan fingerprint density at radius 1 is 1.23 bits per heavy atom. The van der Waals surface area contributed by atoms with Gasteiger partial charge in [0, 0.05) is 18.6 Å².